The molecule has 0 unspecified atom stereocenters. The second kappa shape index (κ2) is 5.54. The van der Waals surface area contributed by atoms with Gasteiger partial charge >= 0.3 is 7.60 Å². The summed E-state index contributed by atoms with van der Waals surface area (Å²) in [5.41, 5.74) is 1.91. The van der Waals surface area contributed by atoms with Crippen molar-refractivity contribution in [1.29, 1.82) is 0 Å². The lowest BCUT2D eigenvalue weighted by atomic mass is 10.1. The second-order valence-electron chi connectivity index (χ2n) is 5.79. The van der Waals surface area contributed by atoms with Gasteiger partial charge in [-0.3, -0.25) is 9.36 Å². The molecule has 1 fully saturated rings. The Labute approximate surface area is 128 Å². The lowest BCUT2D eigenvalue weighted by molar-refractivity contribution is 0.372. The molecule has 0 radical (unpaired) electrons. The van der Waals surface area contributed by atoms with Gasteiger partial charge in [0, 0.05) is 37.3 Å². The van der Waals surface area contributed by atoms with E-state index < -0.39 is 13.8 Å². The fourth-order valence-electron chi connectivity index (χ4n) is 3.04. The lowest BCUT2D eigenvalue weighted by Gasteiger charge is -2.19. The van der Waals surface area contributed by atoms with E-state index in [1.165, 1.54) is 10.6 Å². The maximum Gasteiger partial charge on any atom is 0.329 e. The Balaban J connectivity index is 2.17. The molecule has 1 aliphatic heterocycles. The highest BCUT2D eigenvalue weighted by Crippen LogP contribution is 2.40. The molecular formula is C15H19N2O4P. The summed E-state index contributed by atoms with van der Waals surface area (Å²) in [4.78, 5) is 32.8. The van der Waals surface area contributed by atoms with E-state index in [0.717, 1.165) is 31.6 Å². The molecule has 0 amide bonds. The van der Waals surface area contributed by atoms with Gasteiger partial charge < -0.3 is 19.3 Å². The molecule has 1 aromatic carbocycles. The van der Waals surface area contributed by atoms with Gasteiger partial charge in [0.05, 0.1) is 11.7 Å². The van der Waals surface area contributed by atoms with E-state index in [0.29, 0.717) is 16.5 Å². The van der Waals surface area contributed by atoms with Crippen molar-refractivity contribution in [3.63, 3.8) is 0 Å². The maximum atomic E-state index is 12.1. The van der Waals surface area contributed by atoms with Crippen LogP contribution >= 0.6 is 7.60 Å². The van der Waals surface area contributed by atoms with Crippen LogP contribution in [0, 0.1) is 0 Å². The Kier molecular flexibility index (Phi) is 3.85. The molecule has 0 spiro atoms. The van der Waals surface area contributed by atoms with Crippen molar-refractivity contribution in [3.8, 4) is 0 Å². The van der Waals surface area contributed by atoms with Crippen molar-refractivity contribution in [3.05, 3.63) is 40.2 Å². The third kappa shape index (κ3) is 2.95. The summed E-state index contributed by atoms with van der Waals surface area (Å²) in [7, 11) is -2.54. The van der Waals surface area contributed by atoms with Crippen LogP contribution in [0.15, 0.2) is 29.1 Å². The second-order valence-corrected chi connectivity index (χ2v) is 7.43. The number of nitrogens with zero attached hydrogens (tertiary/aromatic N) is 2. The first-order valence-electron chi connectivity index (χ1n) is 7.27. The highest BCUT2D eigenvalue weighted by Gasteiger charge is 2.19. The zero-order chi connectivity index (χ0) is 15.9. The summed E-state index contributed by atoms with van der Waals surface area (Å²) in [6.45, 7) is 2.00. The van der Waals surface area contributed by atoms with E-state index in [1.807, 2.05) is 18.2 Å². The minimum absolute atomic E-state index is 0.255. The number of fused-ring (bicyclic) bond motifs is 1. The molecule has 1 aromatic heterocycles. The third-order valence-electron chi connectivity index (χ3n) is 4.16. The zero-order valence-corrected chi connectivity index (χ0v) is 13.3. The van der Waals surface area contributed by atoms with Gasteiger partial charge in [0.25, 0.3) is 5.56 Å². The van der Waals surface area contributed by atoms with Crippen LogP contribution < -0.4 is 10.5 Å². The van der Waals surface area contributed by atoms with Crippen molar-refractivity contribution in [2.45, 2.75) is 19.0 Å². The minimum Gasteiger partial charge on any atom is -0.371 e. The monoisotopic (exact) mass is 322 g/mol. The van der Waals surface area contributed by atoms with Crippen molar-refractivity contribution in [2.24, 2.45) is 7.05 Å². The molecule has 1 aliphatic rings. The van der Waals surface area contributed by atoms with E-state index >= 15 is 0 Å². The van der Waals surface area contributed by atoms with Crippen LogP contribution in [0.1, 0.15) is 18.4 Å². The van der Waals surface area contributed by atoms with Crippen molar-refractivity contribution in [1.82, 2.24) is 4.57 Å². The summed E-state index contributed by atoms with van der Waals surface area (Å²) in [6, 6.07) is 7.07. The molecule has 0 aliphatic carbocycles. The average molecular weight is 322 g/mol. The molecule has 2 heterocycles. The summed E-state index contributed by atoms with van der Waals surface area (Å²) < 4.78 is 12.8. The number of hydrogen-bond acceptors (Lipinski definition) is 3. The first kappa shape index (κ1) is 15.3. The van der Waals surface area contributed by atoms with Crippen LogP contribution in [-0.4, -0.2) is 27.4 Å². The van der Waals surface area contributed by atoms with E-state index in [4.69, 9.17) is 0 Å². The van der Waals surface area contributed by atoms with Crippen LogP contribution in [0.2, 0.25) is 0 Å². The highest BCUT2D eigenvalue weighted by atomic mass is 31.2. The van der Waals surface area contributed by atoms with Crippen LogP contribution in [0.25, 0.3) is 10.9 Å². The Morgan fingerprint density at radius 2 is 1.86 bits per heavy atom. The van der Waals surface area contributed by atoms with E-state index in [2.05, 4.69) is 4.90 Å². The fourth-order valence-corrected chi connectivity index (χ4v) is 3.74. The molecule has 6 nitrogen and oxygen atoms in total. The highest BCUT2D eigenvalue weighted by molar-refractivity contribution is 7.50. The van der Waals surface area contributed by atoms with Crippen LogP contribution in [-0.2, 0) is 17.8 Å². The van der Waals surface area contributed by atoms with E-state index in [-0.39, 0.29) is 5.56 Å². The maximum absolute atomic E-state index is 12.1. The number of aromatic nitrogens is 1. The van der Waals surface area contributed by atoms with Crippen LogP contribution in [0.3, 0.4) is 0 Å². The predicted molar refractivity (Wildman–Crippen MR) is 86.4 cm³/mol. The molecule has 1 saturated heterocycles. The SMILES string of the molecule is Cn1c(=O)cc(CP(=O)(O)O)c2ccc(N3CCCC3)cc21. The number of hydrogen-bond donors (Lipinski definition) is 2. The molecule has 7 heteroatoms. The number of benzene rings is 1. The first-order chi connectivity index (χ1) is 10.3. The number of anilines is 1. The molecule has 2 N–H and O–H groups in total. The molecule has 0 bridgehead atoms. The van der Waals surface area contributed by atoms with Gasteiger partial charge in [-0.1, -0.05) is 6.07 Å². The van der Waals surface area contributed by atoms with Gasteiger partial charge in [0.1, 0.15) is 0 Å². The molecule has 3 rings (SSSR count). The van der Waals surface area contributed by atoms with Gasteiger partial charge in [0.15, 0.2) is 0 Å². The van der Waals surface area contributed by atoms with Crippen LogP contribution in [0.5, 0.6) is 0 Å². The Morgan fingerprint density at radius 1 is 1.18 bits per heavy atom. The number of aryl methyl sites for hydroxylation is 1. The quantitative estimate of drug-likeness (QED) is 0.842. The van der Waals surface area contributed by atoms with E-state index in [1.54, 1.807) is 7.05 Å². The molecule has 2 aromatic rings. The van der Waals surface area contributed by atoms with Crippen molar-refractivity contribution in [2.75, 3.05) is 18.0 Å². The molecule has 0 saturated carbocycles. The Bertz CT molecular complexity index is 818. The van der Waals surface area contributed by atoms with Gasteiger partial charge in [-0.25, -0.2) is 0 Å². The number of pyridine rings is 1. The topological polar surface area (TPSA) is 82.8 Å². The number of rotatable bonds is 3. The summed E-state index contributed by atoms with van der Waals surface area (Å²) >= 11 is 0. The Hall–Kier alpha value is -1.62. The smallest absolute Gasteiger partial charge is 0.329 e. The predicted octanol–water partition coefficient (Wildman–Crippen LogP) is 1.82. The van der Waals surface area contributed by atoms with Crippen LogP contribution in [0.4, 0.5) is 5.69 Å². The van der Waals surface area contributed by atoms with Gasteiger partial charge in [-0.15, -0.1) is 0 Å². The van der Waals surface area contributed by atoms with Gasteiger partial charge in [0.2, 0.25) is 0 Å². The molecule has 118 valence electrons. The summed E-state index contributed by atoms with van der Waals surface area (Å²) in [5.74, 6) is 0. The van der Waals surface area contributed by atoms with Gasteiger partial charge in [-0.2, -0.15) is 0 Å². The summed E-state index contributed by atoms with van der Waals surface area (Å²) in [6.07, 6.45) is 1.91. The molecule has 22 heavy (non-hydrogen) atoms. The standard InChI is InChI=1S/C15H19N2O4P/c1-16-14-9-12(17-6-2-3-7-17)4-5-13(14)11(8-15(16)18)10-22(19,20)21/h4-5,8-9H,2-3,6-7,10H2,1H3,(H2,19,20,21). The molecular weight excluding hydrogens is 303 g/mol. The first-order valence-corrected chi connectivity index (χ1v) is 9.07. The van der Waals surface area contributed by atoms with Gasteiger partial charge in [-0.05, 0) is 30.5 Å². The average Bonchev–Trinajstić information content (AvgIpc) is 2.96. The fraction of sp³-hybridized carbons (Fsp3) is 0.400. The Morgan fingerprint density at radius 3 is 2.50 bits per heavy atom. The van der Waals surface area contributed by atoms with Crippen molar-refractivity contribution >= 4 is 24.2 Å². The van der Waals surface area contributed by atoms with E-state index in [9.17, 15) is 19.1 Å². The van der Waals surface area contributed by atoms with Crippen molar-refractivity contribution < 1.29 is 14.4 Å². The molecule has 0 atom stereocenters. The summed E-state index contributed by atoms with van der Waals surface area (Å²) in [5, 5.41) is 0.716. The third-order valence-corrected chi connectivity index (χ3v) is 4.92. The minimum atomic E-state index is -4.22. The normalized spacial score (nSPS) is 15.7. The zero-order valence-electron chi connectivity index (χ0n) is 12.4. The largest absolute Gasteiger partial charge is 0.371 e. The lowest BCUT2D eigenvalue weighted by Crippen LogP contribution is -2.20.